The third-order valence-corrected chi connectivity index (χ3v) is 7.55. The molecular weight excluding hydrogens is 442 g/mol. The summed E-state index contributed by atoms with van der Waals surface area (Å²) in [5.74, 6) is 1.44. The van der Waals surface area contributed by atoms with Gasteiger partial charge in [-0.3, -0.25) is 14.8 Å². The second kappa shape index (κ2) is 7.88. The summed E-state index contributed by atoms with van der Waals surface area (Å²) in [4.78, 5) is 35.6. The van der Waals surface area contributed by atoms with E-state index in [1.807, 2.05) is 41.6 Å². The van der Waals surface area contributed by atoms with Gasteiger partial charge in [-0.1, -0.05) is 0 Å². The van der Waals surface area contributed by atoms with Crippen LogP contribution in [0.1, 0.15) is 36.2 Å². The molecule has 1 saturated heterocycles. The van der Waals surface area contributed by atoms with Gasteiger partial charge in [0, 0.05) is 49.8 Å². The number of fused-ring (bicyclic) bond motifs is 3. The summed E-state index contributed by atoms with van der Waals surface area (Å²) in [5, 5.41) is 10.6. The van der Waals surface area contributed by atoms with Crippen molar-refractivity contribution in [2.24, 2.45) is 5.92 Å². The molecule has 10 heteroatoms. The summed E-state index contributed by atoms with van der Waals surface area (Å²) >= 11 is 0. The molecule has 2 aliphatic heterocycles. The molecule has 0 bridgehead atoms. The highest BCUT2D eigenvalue weighted by Gasteiger charge is 2.53. The van der Waals surface area contributed by atoms with Gasteiger partial charge in [-0.2, -0.15) is 5.10 Å². The molecule has 10 nitrogen and oxygen atoms in total. The van der Waals surface area contributed by atoms with Crippen LogP contribution in [-0.4, -0.2) is 60.6 Å². The molecule has 3 N–H and O–H groups in total. The molecule has 1 spiro atoms. The second-order valence-electron chi connectivity index (χ2n) is 10.00. The van der Waals surface area contributed by atoms with Crippen LogP contribution in [0.2, 0.25) is 0 Å². The van der Waals surface area contributed by atoms with Crippen LogP contribution in [0.3, 0.4) is 0 Å². The zero-order valence-corrected chi connectivity index (χ0v) is 19.4. The Morgan fingerprint density at radius 2 is 2.14 bits per heavy atom. The van der Waals surface area contributed by atoms with Crippen LogP contribution in [0, 0.1) is 5.92 Å². The number of hydrogen-bond acceptors (Lipinski definition) is 7. The summed E-state index contributed by atoms with van der Waals surface area (Å²) in [6, 6.07) is 7.91. The molecular formula is C25H27N9O. The van der Waals surface area contributed by atoms with Gasteiger partial charge in [0.2, 0.25) is 11.9 Å². The maximum Gasteiger partial charge on any atom is 0.240 e. The van der Waals surface area contributed by atoms with Crippen molar-refractivity contribution in [1.82, 2.24) is 35.0 Å². The van der Waals surface area contributed by atoms with Crippen LogP contribution in [0.4, 0.5) is 11.6 Å². The van der Waals surface area contributed by atoms with Crippen molar-refractivity contribution in [3.05, 3.63) is 59.9 Å². The predicted octanol–water partition coefficient (Wildman–Crippen LogP) is 2.59. The van der Waals surface area contributed by atoms with Crippen LogP contribution in [0.5, 0.6) is 0 Å². The zero-order chi connectivity index (χ0) is 23.4. The number of amides is 1. The van der Waals surface area contributed by atoms with E-state index in [9.17, 15) is 4.79 Å². The number of imidazole rings is 1. The molecule has 0 radical (unpaired) electrons. The molecule has 2 fully saturated rings. The number of aromatic nitrogens is 6. The lowest BCUT2D eigenvalue weighted by Crippen LogP contribution is -2.53. The number of benzene rings is 1. The molecule has 1 saturated carbocycles. The number of carbonyl (C=O) groups excluding carboxylic acids is 1. The first kappa shape index (κ1) is 20.6. The fourth-order valence-corrected chi connectivity index (χ4v) is 5.48. The van der Waals surface area contributed by atoms with Crippen molar-refractivity contribution in [2.75, 3.05) is 29.9 Å². The molecule has 4 aromatic rings. The number of hydrogen-bond donors (Lipinski definition) is 3. The van der Waals surface area contributed by atoms with Gasteiger partial charge in [-0.05, 0) is 49.4 Å². The molecule has 3 aromatic heterocycles. The van der Waals surface area contributed by atoms with Crippen LogP contribution < -0.4 is 10.2 Å². The Kier molecular flexibility index (Phi) is 4.63. The Hall–Kier alpha value is -3.79. The van der Waals surface area contributed by atoms with Crippen molar-refractivity contribution in [3.8, 4) is 0 Å². The average Bonchev–Trinajstić information content (AvgIpc) is 3.24. The lowest BCUT2D eigenvalue weighted by atomic mass is 9.77. The molecule has 1 aliphatic carbocycles. The second-order valence-corrected chi connectivity index (χ2v) is 10.00. The summed E-state index contributed by atoms with van der Waals surface area (Å²) in [5.41, 5.74) is 4.80. The van der Waals surface area contributed by atoms with Crippen LogP contribution >= 0.6 is 0 Å². The van der Waals surface area contributed by atoms with E-state index in [2.05, 4.69) is 35.4 Å². The van der Waals surface area contributed by atoms with Gasteiger partial charge in [0.05, 0.1) is 35.3 Å². The maximum atomic E-state index is 14.3. The predicted molar refractivity (Wildman–Crippen MR) is 131 cm³/mol. The van der Waals surface area contributed by atoms with Crippen molar-refractivity contribution in [2.45, 2.75) is 37.8 Å². The SMILES string of the molecule is O=C1N(c2ccc3nc[nH]c3c2)Cc2cnc(NCC3CC3)nc2C12CCN(Cc1cc[nH]n1)C2. The standard InChI is InChI=1S/C25H27N9O/c35-23-25(6-8-33(14-25)13-18-5-7-30-32-18)22-17(11-27-24(31-22)26-10-16-1-2-16)12-34(23)19-3-4-20-21(9-19)29-15-28-20/h3-5,7,9,11,15-16H,1-2,6,8,10,12-14H2,(H,28,29)(H,30,32)(H,26,27,31). The summed E-state index contributed by atoms with van der Waals surface area (Å²) < 4.78 is 0. The Bertz CT molecular complexity index is 1390. The molecule has 1 atom stereocenters. The van der Waals surface area contributed by atoms with E-state index in [0.29, 0.717) is 37.9 Å². The van der Waals surface area contributed by atoms with Crippen molar-refractivity contribution >= 4 is 28.6 Å². The average molecular weight is 470 g/mol. The van der Waals surface area contributed by atoms with Gasteiger partial charge in [-0.25, -0.2) is 15.0 Å². The quantitative estimate of drug-likeness (QED) is 0.397. The minimum Gasteiger partial charge on any atom is -0.354 e. The van der Waals surface area contributed by atoms with Gasteiger partial charge < -0.3 is 15.2 Å². The lowest BCUT2D eigenvalue weighted by molar-refractivity contribution is -0.124. The van der Waals surface area contributed by atoms with E-state index in [1.165, 1.54) is 12.8 Å². The highest BCUT2D eigenvalue weighted by Crippen LogP contribution is 2.43. The van der Waals surface area contributed by atoms with E-state index >= 15 is 0 Å². The normalized spacial score (nSPS) is 22.3. The summed E-state index contributed by atoms with van der Waals surface area (Å²) in [6.45, 7) is 3.46. The summed E-state index contributed by atoms with van der Waals surface area (Å²) in [6.07, 6.45) is 8.66. The number of likely N-dealkylation sites (tertiary alicyclic amines) is 1. The van der Waals surface area contributed by atoms with Gasteiger partial charge in [0.1, 0.15) is 5.41 Å². The molecule has 1 amide bonds. The third kappa shape index (κ3) is 3.56. The Labute approximate surface area is 202 Å². The van der Waals surface area contributed by atoms with Gasteiger partial charge >= 0.3 is 0 Å². The number of aromatic amines is 2. The Morgan fingerprint density at radius 3 is 3.00 bits per heavy atom. The number of nitrogens with zero attached hydrogens (tertiary/aromatic N) is 6. The van der Waals surface area contributed by atoms with E-state index in [-0.39, 0.29) is 5.91 Å². The molecule has 178 valence electrons. The molecule has 1 unspecified atom stereocenters. The van der Waals surface area contributed by atoms with Crippen molar-refractivity contribution < 1.29 is 4.79 Å². The van der Waals surface area contributed by atoms with Crippen molar-refractivity contribution in [1.29, 1.82) is 0 Å². The maximum absolute atomic E-state index is 14.3. The first-order valence-electron chi connectivity index (χ1n) is 12.2. The minimum absolute atomic E-state index is 0.0974. The number of nitrogens with one attached hydrogen (secondary N) is 3. The van der Waals surface area contributed by atoms with E-state index in [1.54, 1.807) is 6.33 Å². The molecule has 3 aliphatic rings. The fourth-order valence-electron chi connectivity index (χ4n) is 5.48. The van der Waals surface area contributed by atoms with Gasteiger partial charge in [0.25, 0.3) is 0 Å². The topological polar surface area (TPSA) is 119 Å². The van der Waals surface area contributed by atoms with Crippen LogP contribution in [-0.2, 0) is 23.3 Å². The number of rotatable bonds is 6. The Balaban J connectivity index is 1.27. The van der Waals surface area contributed by atoms with Crippen LogP contribution in [0.15, 0.2) is 43.0 Å². The van der Waals surface area contributed by atoms with Gasteiger partial charge in [0.15, 0.2) is 0 Å². The number of carbonyl (C=O) groups is 1. The van der Waals surface area contributed by atoms with E-state index in [0.717, 1.165) is 46.8 Å². The first-order chi connectivity index (χ1) is 17.2. The molecule has 5 heterocycles. The zero-order valence-electron chi connectivity index (χ0n) is 19.4. The lowest BCUT2D eigenvalue weighted by Gasteiger charge is -2.40. The molecule has 1 aromatic carbocycles. The molecule has 7 rings (SSSR count). The minimum atomic E-state index is -0.716. The molecule has 35 heavy (non-hydrogen) atoms. The van der Waals surface area contributed by atoms with Crippen molar-refractivity contribution in [3.63, 3.8) is 0 Å². The fraction of sp³-hybridized carbons (Fsp3) is 0.400. The number of anilines is 2. The highest BCUT2D eigenvalue weighted by atomic mass is 16.2. The Morgan fingerprint density at radius 1 is 1.20 bits per heavy atom. The largest absolute Gasteiger partial charge is 0.354 e. The highest BCUT2D eigenvalue weighted by molar-refractivity contribution is 6.04. The summed E-state index contributed by atoms with van der Waals surface area (Å²) in [7, 11) is 0. The van der Waals surface area contributed by atoms with E-state index in [4.69, 9.17) is 4.98 Å². The first-order valence-corrected chi connectivity index (χ1v) is 12.2. The third-order valence-electron chi connectivity index (χ3n) is 7.55. The monoisotopic (exact) mass is 469 g/mol. The number of H-pyrrole nitrogens is 2. The smallest absolute Gasteiger partial charge is 0.240 e. The van der Waals surface area contributed by atoms with E-state index < -0.39 is 5.41 Å². The van der Waals surface area contributed by atoms with Crippen LogP contribution in [0.25, 0.3) is 11.0 Å². The van der Waals surface area contributed by atoms with Gasteiger partial charge in [-0.15, -0.1) is 0 Å².